The molecule has 2 aromatic heterocycles. The molecular formula is C31H27N7O6. The van der Waals surface area contributed by atoms with E-state index in [0.717, 1.165) is 22.3 Å². The molecule has 6 rings (SSSR count). The number of carbonyl (C=O) groups is 3. The van der Waals surface area contributed by atoms with Crippen LogP contribution in [0, 0.1) is 6.92 Å². The van der Waals surface area contributed by atoms with Gasteiger partial charge in [0.2, 0.25) is 0 Å². The highest BCUT2D eigenvalue weighted by atomic mass is 16.4. The van der Waals surface area contributed by atoms with E-state index in [2.05, 4.69) is 26.0 Å². The number of fused-ring (bicyclic) bond motifs is 2. The van der Waals surface area contributed by atoms with E-state index in [1.54, 1.807) is 31.2 Å². The average Bonchev–Trinajstić information content (AvgIpc) is 3.67. The van der Waals surface area contributed by atoms with Crippen molar-refractivity contribution in [1.82, 2.24) is 25.2 Å². The highest BCUT2D eigenvalue weighted by Gasteiger charge is 2.29. The molecule has 222 valence electrons. The highest BCUT2D eigenvalue weighted by Crippen LogP contribution is 2.35. The van der Waals surface area contributed by atoms with Crippen LogP contribution in [0.2, 0.25) is 0 Å². The Morgan fingerprint density at radius 2 is 1.80 bits per heavy atom. The predicted octanol–water partition coefficient (Wildman–Crippen LogP) is 1.87. The number of nitrogens with zero attached hydrogens (tertiary/aromatic N) is 3. The molecule has 2 amide bonds. The fourth-order valence-corrected chi connectivity index (χ4v) is 5.58. The summed E-state index contributed by atoms with van der Waals surface area (Å²) in [5.74, 6) is -1.93. The summed E-state index contributed by atoms with van der Waals surface area (Å²) < 4.78 is 1.36. The summed E-state index contributed by atoms with van der Waals surface area (Å²) in [6.45, 7) is 2.20. The van der Waals surface area contributed by atoms with E-state index < -0.39 is 28.6 Å². The normalized spacial score (nSPS) is 14.0. The molecule has 0 unspecified atom stereocenters. The van der Waals surface area contributed by atoms with E-state index in [0.29, 0.717) is 24.1 Å². The second-order valence-electron chi connectivity index (χ2n) is 10.6. The van der Waals surface area contributed by atoms with Gasteiger partial charge in [0.1, 0.15) is 22.8 Å². The molecule has 0 bridgehead atoms. The highest BCUT2D eigenvalue weighted by molar-refractivity contribution is 5.98. The molecule has 13 heteroatoms. The SMILES string of the molecule is Cc1c(C(=O)O)ccc2c1CC[C@@H]2NC(=O)c1cc(C(=O)NCc2cccc(CNc3c(N)c(=O)c3=O)c2)nc2ccnn12. The van der Waals surface area contributed by atoms with Crippen molar-refractivity contribution in [1.29, 1.82) is 0 Å². The summed E-state index contributed by atoms with van der Waals surface area (Å²) in [6, 6.07) is 13.2. The van der Waals surface area contributed by atoms with Gasteiger partial charge in [-0.25, -0.2) is 14.3 Å². The Bertz CT molecular complexity index is 2060. The first-order valence-corrected chi connectivity index (χ1v) is 13.8. The summed E-state index contributed by atoms with van der Waals surface area (Å²) in [7, 11) is 0. The molecule has 0 saturated carbocycles. The first kappa shape index (κ1) is 28.3. The number of aromatic carboxylic acids is 1. The average molecular weight is 594 g/mol. The Balaban J connectivity index is 1.15. The van der Waals surface area contributed by atoms with Gasteiger partial charge in [-0.2, -0.15) is 5.10 Å². The molecule has 13 nitrogen and oxygen atoms in total. The number of aromatic nitrogens is 3. The van der Waals surface area contributed by atoms with E-state index in [1.165, 1.54) is 16.8 Å². The van der Waals surface area contributed by atoms with Crippen LogP contribution in [0.1, 0.15) is 71.6 Å². The quantitative estimate of drug-likeness (QED) is 0.157. The largest absolute Gasteiger partial charge is 0.478 e. The molecule has 1 aliphatic rings. The third-order valence-corrected chi connectivity index (χ3v) is 7.91. The molecule has 3 aromatic carbocycles. The Morgan fingerprint density at radius 1 is 1.02 bits per heavy atom. The van der Waals surface area contributed by atoms with Crippen molar-refractivity contribution in [2.24, 2.45) is 0 Å². The Hall–Kier alpha value is -5.85. The molecule has 2 heterocycles. The monoisotopic (exact) mass is 593 g/mol. The van der Waals surface area contributed by atoms with Crippen molar-refractivity contribution < 1.29 is 19.5 Å². The lowest BCUT2D eigenvalue weighted by Gasteiger charge is -2.16. The number of hydrogen-bond acceptors (Lipinski definition) is 9. The predicted molar refractivity (Wildman–Crippen MR) is 160 cm³/mol. The standard InChI is InChI=1S/C31H27N7O6/c1-15-18-7-8-21(20(18)6-5-19(15)31(43)44)37-30(42)23-12-22(36-24-9-10-35-38(23)24)29(41)34-14-17-4-2-3-16(11-17)13-33-26-25(32)27(39)28(26)40/h2-6,9-12,21,33H,7-8,13-14,32H2,1H3,(H,34,41)(H,37,42)(H,43,44)/t21-/m0/s1. The number of anilines is 2. The lowest BCUT2D eigenvalue weighted by atomic mass is 9.98. The fraction of sp³-hybridized carbons (Fsp3) is 0.194. The lowest BCUT2D eigenvalue weighted by molar-refractivity contribution is 0.0695. The van der Waals surface area contributed by atoms with Gasteiger partial charge in [0.05, 0.1) is 17.8 Å². The molecule has 1 atom stereocenters. The lowest BCUT2D eigenvalue weighted by Crippen LogP contribution is -2.36. The third-order valence-electron chi connectivity index (χ3n) is 7.91. The Labute approximate surface area is 249 Å². The van der Waals surface area contributed by atoms with E-state index in [9.17, 15) is 29.1 Å². The minimum Gasteiger partial charge on any atom is -0.478 e. The molecule has 5 aromatic rings. The summed E-state index contributed by atoms with van der Waals surface area (Å²) in [4.78, 5) is 65.5. The minimum absolute atomic E-state index is 0.0327. The van der Waals surface area contributed by atoms with Gasteiger partial charge in [-0.3, -0.25) is 19.2 Å². The maximum absolute atomic E-state index is 13.5. The number of amides is 2. The van der Waals surface area contributed by atoms with Gasteiger partial charge < -0.3 is 26.8 Å². The molecule has 0 aliphatic heterocycles. The molecule has 1 aliphatic carbocycles. The maximum atomic E-state index is 13.5. The summed E-state index contributed by atoms with van der Waals surface area (Å²) in [5, 5.41) is 22.4. The van der Waals surface area contributed by atoms with Gasteiger partial charge >= 0.3 is 5.97 Å². The van der Waals surface area contributed by atoms with Gasteiger partial charge in [0, 0.05) is 25.2 Å². The number of carboxylic acids is 1. The van der Waals surface area contributed by atoms with Crippen molar-refractivity contribution in [3.05, 3.63) is 120 Å². The Kier molecular flexibility index (Phi) is 7.13. The molecular weight excluding hydrogens is 566 g/mol. The molecule has 0 radical (unpaired) electrons. The topological polar surface area (TPSA) is 198 Å². The number of nitrogens with two attached hydrogens (primary N) is 1. The van der Waals surface area contributed by atoms with Crippen molar-refractivity contribution in [3.8, 4) is 0 Å². The molecule has 0 saturated heterocycles. The first-order valence-electron chi connectivity index (χ1n) is 13.8. The van der Waals surface area contributed by atoms with Crippen LogP contribution in [0.3, 0.4) is 0 Å². The number of carbonyl (C=O) groups excluding carboxylic acids is 2. The van der Waals surface area contributed by atoms with E-state index in [4.69, 9.17) is 5.73 Å². The van der Waals surface area contributed by atoms with Crippen molar-refractivity contribution >= 4 is 34.8 Å². The maximum Gasteiger partial charge on any atom is 0.335 e. The smallest absolute Gasteiger partial charge is 0.335 e. The zero-order valence-electron chi connectivity index (χ0n) is 23.5. The van der Waals surface area contributed by atoms with Gasteiger partial charge in [-0.15, -0.1) is 0 Å². The molecule has 0 fully saturated rings. The van der Waals surface area contributed by atoms with Crippen LogP contribution in [0.15, 0.2) is 64.3 Å². The van der Waals surface area contributed by atoms with Crippen LogP contribution in [-0.4, -0.2) is 37.5 Å². The van der Waals surface area contributed by atoms with Gasteiger partial charge in [-0.1, -0.05) is 30.3 Å². The minimum atomic E-state index is -0.991. The Morgan fingerprint density at radius 3 is 2.55 bits per heavy atom. The number of nitrogens with one attached hydrogen (secondary N) is 3. The summed E-state index contributed by atoms with van der Waals surface area (Å²) in [6.07, 6.45) is 2.73. The zero-order chi connectivity index (χ0) is 31.1. The van der Waals surface area contributed by atoms with Crippen LogP contribution in [0.5, 0.6) is 0 Å². The number of hydrogen-bond donors (Lipinski definition) is 5. The second-order valence-corrected chi connectivity index (χ2v) is 10.6. The second kappa shape index (κ2) is 11.1. The van der Waals surface area contributed by atoms with E-state index in [1.807, 2.05) is 18.2 Å². The van der Waals surface area contributed by atoms with E-state index in [-0.39, 0.29) is 47.5 Å². The summed E-state index contributed by atoms with van der Waals surface area (Å²) >= 11 is 0. The number of nitrogen functional groups attached to an aromatic ring is 1. The first-order chi connectivity index (χ1) is 21.1. The molecule has 0 spiro atoms. The van der Waals surface area contributed by atoms with Crippen molar-refractivity contribution in [3.63, 3.8) is 0 Å². The van der Waals surface area contributed by atoms with Crippen LogP contribution < -0.4 is 32.5 Å². The van der Waals surface area contributed by atoms with Crippen LogP contribution in [-0.2, 0) is 19.5 Å². The van der Waals surface area contributed by atoms with Gasteiger partial charge in [-0.05, 0) is 53.6 Å². The molecule has 44 heavy (non-hydrogen) atoms. The summed E-state index contributed by atoms with van der Waals surface area (Å²) in [5.41, 5.74) is 9.06. The van der Waals surface area contributed by atoms with Crippen molar-refractivity contribution in [2.45, 2.75) is 38.9 Å². The molecule has 6 N–H and O–H groups in total. The van der Waals surface area contributed by atoms with Crippen LogP contribution in [0.4, 0.5) is 11.4 Å². The number of carboxylic acid groups (broad SMARTS) is 1. The third kappa shape index (κ3) is 5.04. The van der Waals surface area contributed by atoms with Crippen LogP contribution in [0.25, 0.3) is 5.65 Å². The van der Waals surface area contributed by atoms with Crippen molar-refractivity contribution in [2.75, 3.05) is 11.1 Å². The van der Waals surface area contributed by atoms with Crippen LogP contribution >= 0.6 is 0 Å². The number of benzene rings is 2. The van der Waals surface area contributed by atoms with Gasteiger partial charge in [0.15, 0.2) is 5.65 Å². The van der Waals surface area contributed by atoms with Gasteiger partial charge in [0.25, 0.3) is 22.7 Å². The zero-order valence-corrected chi connectivity index (χ0v) is 23.5. The van der Waals surface area contributed by atoms with E-state index >= 15 is 0 Å². The number of rotatable bonds is 9. The fourth-order valence-electron chi connectivity index (χ4n) is 5.58.